The van der Waals surface area contributed by atoms with Crippen LogP contribution in [-0.4, -0.2) is 31.2 Å². The number of hydrogen-bond acceptors (Lipinski definition) is 5. The molecule has 1 aliphatic rings. The van der Waals surface area contributed by atoms with Gasteiger partial charge in [-0.05, 0) is 35.9 Å². The van der Waals surface area contributed by atoms with Gasteiger partial charge in [-0.1, -0.05) is 60.1 Å². The van der Waals surface area contributed by atoms with Crippen LogP contribution in [0.15, 0.2) is 83.7 Å². The second kappa shape index (κ2) is 8.88. The molecule has 0 saturated heterocycles. The number of nitrogens with one attached hydrogen (secondary N) is 2. The minimum Gasteiger partial charge on any atom is -0.496 e. The van der Waals surface area contributed by atoms with Crippen LogP contribution in [0.5, 0.6) is 5.75 Å². The van der Waals surface area contributed by atoms with E-state index in [0.29, 0.717) is 38.7 Å². The molecule has 0 radical (unpaired) electrons. The van der Waals surface area contributed by atoms with E-state index in [0.717, 1.165) is 21.6 Å². The van der Waals surface area contributed by atoms with Crippen LogP contribution in [0.3, 0.4) is 0 Å². The molecule has 2 N–H and O–H groups in total. The van der Waals surface area contributed by atoms with Crippen molar-refractivity contribution in [3.05, 3.63) is 105 Å². The van der Waals surface area contributed by atoms with Crippen molar-refractivity contribution in [2.75, 3.05) is 13.4 Å². The number of para-hydroxylation sites is 1. The Morgan fingerprint density at radius 1 is 0.971 bits per heavy atom. The van der Waals surface area contributed by atoms with Gasteiger partial charge in [0.15, 0.2) is 0 Å². The van der Waals surface area contributed by atoms with E-state index >= 15 is 0 Å². The number of aromatic amines is 1. The van der Waals surface area contributed by atoms with E-state index in [1.165, 1.54) is 7.11 Å². The lowest BCUT2D eigenvalue weighted by Crippen LogP contribution is -2.39. The molecule has 1 atom stereocenters. The summed E-state index contributed by atoms with van der Waals surface area (Å²) in [4.78, 5) is 16.4. The van der Waals surface area contributed by atoms with E-state index in [1.54, 1.807) is 36.4 Å². The third kappa shape index (κ3) is 4.20. The van der Waals surface area contributed by atoms with Crippen LogP contribution in [0.2, 0.25) is 5.02 Å². The maximum atomic E-state index is 13.5. The minimum absolute atomic E-state index is 0.317. The fourth-order valence-corrected chi connectivity index (χ4v) is 5.46. The van der Waals surface area contributed by atoms with Crippen LogP contribution in [0.25, 0.3) is 27.7 Å². The summed E-state index contributed by atoms with van der Waals surface area (Å²) in [6, 6.07) is 21.2. The van der Waals surface area contributed by atoms with Crippen molar-refractivity contribution in [1.29, 1.82) is 0 Å². The third-order valence-electron chi connectivity index (χ3n) is 5.93. The van der Waals surface area contributed by atoms with Gasteiger partial charge >= 0.3 is 0 Å². The molecule has 0 unspecified atom stereocenters. The maximum absolute atomic E-state index is 13.5. The summed E-state index contributed by atoms with van der Waals surface area (Å²) in [6.07, 6.45) is 2.84. The Morgan fingerprint density at radius 2 is 1.69 bits per heavy atom. The molecular weight excluding hydrogens is 486 g/mol. The summed E-state index contributed by atoms with van der Waals surface area (Å²) < 4.78 is 32.2. The highest BCUT2D eigenvalue weighted by atomic mass is 35.5. The zero-order valence-electron chi connectivity index (χ0n) is 18.9. The Kier molecular flexibility index (Phi) is 5.88. The van der Waals surface area contributed by atoms with Crippen molar-refractivity contribution in [2.45, 2.75) is 6.04 Å². The molecule has 178 valence electrons. The van der Waals surface area contributed by atoms with Crippen LogP contribution in [0.4, 0.5) is 0 Å². The number of ether oxygens (including phenoxy) is 1. The van der Waals surface area contributed by atoms with Gasteiger partial charge in [-0.3, -0.25) is 4.79 Å². The van der Waals surface area contributed by atoms with Crippen molar-refractivity contribution >= 4 is 38.2 Å². The fourth-order valence-electron chi connectivity index (χ4n) is 4.43. The van der Waals surface area contributed by atoms with Crippen LogP contribution in [0.1, 0.15) is 17.2 Å². The number of fused-ring (bicyclic) bond motifs is 1. The van der Waals surface area contributed by atoms with Crippen molar-refractivity contribution in [3.63, 3.8) is 0 Å². The average molecular weight is 508 g/mol. The van der Waals surface area contributed by atoms with Gasteiger partial charge in [-0.2, -0.15) is 0 Å². The average Bonchev–Trinajstić information content (AvgIpc) is 3.29. The zero-order valence-corrected chi connectivity index (χ0v) is 20.5. The fraction of sp³-hybridized carbons (Fsp3) is 0.115. The SMILES string of the molecule is COc1ccccc1[C@H]1C=C(c2c(-c3ccccc3)c3cc(Cl)ccc3[nH]c2=O)NN1S(C)(=O)=O. The van der Waals surface area contributed by atoms with Crippen LogP contribution in [-0.2, 0) is 10.0 Å². The van der Waals surface area contributed by atoms with E-state index in [9.17, 15) is 13.2 Å². The van der Waals surface area contributed by atoms with Crippen molar-refractivity contribution < 1.29 is 13.2 Å². The lowest BCUT2D eigenvalue weighted by Gasteiger charge is -2.24. The molecular formula is C26H22ClN3O4S. The van der Waals surface area contributed by atoms with Crippen molar-refractivity contribution in [2.24, 2.45) is 0 Å². The lowest BCUT2D eigenvalue weighted by atomic mass is 9.94. The summed E-state index contributed by atoms with van der Waals surface area (Å²) in [6.45, 7) is 0. The van der Waals surface area contributed by atoms with Gasteiger partial charge < -0.3 is 15.1 Å². The molecule has 1 aliphatic heterocycles. The molecule has 2 heterocycles. The number of aromatic nitrogens is 1. The quantitative estimate of drug-likeness (QED) is 0.408. The largest absolute Gasteiger partial charge is 0.496 e. The monoisotopic (exact) mass is 507 g/mol. The minimum atomic E-state index is -3.72. The predicted molar refractivity (Wildman–Crippen MR) is 139 cm³/mol. The van der Waals surface area contributed by atoms with E-state index in [2.05, 4.69) is 10.4 Å². The smallest absolute Gasteiger partial charge is 0.258 e. The summed E-state index contributed by atoms with van der Waals surface area (Å²) in [5.41, 5.74) is 6.03. The highest BCUT2D eigenvalue weighted by Gasteiger charge is 2.36. The van der Waals surface area contributed by atoms with Gasteiger partial charge in [0.2, 0.25) is 10.0 Å². The molecule has 9 heteroatoms. The zero-order chi connectivity index (χ0) is 24.7. The van der Waals surface area contributed by atoms with Crippen molar-refractivity contribution in [1.82, 2.24) is 14.8 Å². The first kappa shape index (κ1) is 23.2. The molecule has 7 nitrogen and oxygen atoms in total. The summed E-state index contributed by atoms with van der Waals surface area (Å²) in [7, 11) is -2.19. The Balaban J connectivity index is 1.80. The number of nitrogens with zero attached hydrogens (tertiary/aromatic N) is 1. The standard InChI is InChI=1S/C26H22ClN3O4S/c1-34-23-11-7-6-10-18(23)22-15-21(29-30(22)35(2,32)33)25-24(16-8-4-3-5-9-16)19-14-17(27)12-13-20(19)28-26(25)31/h3-15,22,29H,1-2H3,(H,28,31)/t22-/m1/s1. The van der Waals surface area contributed by atoms with Crippen LogP contribution in [0, 0.1) is 0 Å². The predicted octanol–water partition coefficient (Wildman–Crippen LogP) is 4.72. The second-order valence-electron chi connectivity index (χ2n) is 8.20. The van der Waals surface area contributed by atoms with Gasteiger partial charge in [0.1, 0.15) is 5.75 Å². The number of H-pyrrole nitrogens is 1. The Labute approximate surface area is 207 Å². The number of sulfonamides is 1. The first-order valence-corrected chi connectivity index (χ1v) is 13.0. The first-order chi connectivity index (χ1) is 16.8. The van der Waals surface area contributed by atoms with Gasteiger partial charge in [-0.15, -0.1) is 4.41 Å². The summed E-state index contributed by atoms with van der Waals surface area (Å²) in [5, 5.41) is 1.26. The van der Waals surface area contributed by atoms with E-state index in [-0.39, 0.29) is 5.56 Å². The number of methoxy groups -OCH3 is 1. The van der Waals surface area contributed by atoms with E-state index < -0.39 is 16.1 Å². The second-order valence-corrected chi connectivity index (χ2v) is 10.5. The topological polar surface area (TPSA) is 91.5 Å². The molecule has 1 aromatic heterocycles. The van der Waals surface area contributed by atoms with Gasteiger partial charge in [-0.25, -0.2) is 8.42 Å². The summed E-state index contributed by atoms with van der Waals surface area (Å²) in [5.74, 6) is 0.535. The van der Waals surface area contributed by atoms with E-state index in [4.69, 9.17) is 16.3 Å². The van der Waals surface area contributed by atoms with Gasteiger partial charge in [0.25, 0.3) is 5.56 Å². The number of benzene rings is 3. The molecule has 0 aliphatic carbocycles. The number of pyridine rings is 1. The molecule has 0 spiro atoms. The van der Waals surface area contributed by atoms with E-state index in [1.807, 2.05) is 42.5 Å². The summed E-state index contributed by atoms with van der Waals surface area (Å²) >= 11 is 6.33. The number of hydrazine groups is 1. The molecule has 0 fully saturated rings. The number of hydrogen-bond donors (Lipinski definition) is 2. The molecule has 3 aromatic carbocycles. The van der Waals surface area contributed by atoms with Gasteiger partial charge in [0, 0.05) is 27.1 Å². The first-order valence-electron chi connectivity index (χ1n) is 10.8. The lowest BCUT2D eigenvalue weighted by molar-refractivity contribution is 0.337. The normalized spacial score (nSPS) is 16.2. The van der Waals surface area contributed by atoms with Crippen molar-refractivity contribution in [3.8, 4) is 16.9 Å². The van der Waals surface area contributed by atoms with Crippen LogP contribution < -0.4 is 15.7 Å². The Bertz CT molecular complexity index is 1630. The molecule has 5 rings (SSSR count). The molecule has 0 saturated carbocycles. The maximum Gasteiger partial charge on any atom is 0.258 e. The highest BCUT2D eigenvalue weighted by molar-refractivity contribution is 7.88. The van der Waals surface area contributed by atoms with Gasteiger partial charge in [0.05, 0.1) is 30.7 Å². The van der Waals surface area contributed by atoms with Crippen LogP contribution >= 0.6 is 11.6 Å². The third-order valence-corrected chi connectivity index (χ3v) is 7.20. The number of halogens is 1. The number of rotatable bonds is 5. The molecule has 4 aromatic rings. The molecule has 0 amide bonds. The molecule has 35 heavy (non-hydrogen) atoms. The highest BCUT2D eigenvalue weighted by Crippen LogP contribution is 2.40. The molecule has 0 bridgehead atoms. The Morgan fingerprint density at radius 3 is 2.40 bits per heavy atom. The Hall–Kier alpha value is -3.59.